The number of carbonyl (C=O) groups is 1. The molecule has 8 nitrogen and oxygen atoms in total. The van der Waals surface area contributed by atoms with Crippen LogP contribution < -0.4 is 4.90 Å². The molecule has 0 fully saturated rings. The van der Waals surface area contributed by atoms with Crippen molar-refractivity contribution in [3.05, 3.63) is 45.6 Å². The molecule has 2 heterocycles. The minimum absolute atomic E-state index is 0.0881. The Morgan fingerprint density at radius 3 is 2.95 bits per heavy atom. The highest BCUT2D eigenvalue weighted by Gasteiger charge is 2.22. The van der Waals surface area contributed by atoms with Gasteiger partial charge in [-0.15, -0.1) is 11.3 Å². The van der Waals surface area contributed by atoms with E-state index in [1.807, 2.05) is 0 Å². The first-order chi connectivity index (χ1) is 10.1. The van der Waals surface area contributed by atoms with Crippen LogP contribution in [0.1, 0.15) is 10.5 Å². The van der Waals surface area contributed by atoms with Crippen LogP contribution in [-0.2, 0) is 0 Å². The lowest BCUT2D eigenvalue weighted by Gasteiger charge is -2.11. The molecule has 0 aliphatic heterocycles. The van der Waals surface area contributed by atoms with E-state index in [0.717, 1.165) is 0 Å². The van der Waals surface area contributed by atoms with E-state index < -0.39 is 4.92 Å². The van der Waals surface area contributed by atoms with Gasteiger partial charge in [0, 0.05) is 36.1 Å². The molecule has 0 unspecified atom stereocenters. The van der Waals surface area contributed by atoms with Gasteiger partial charge in [0.05, 0.1) is 10.4 Å². The summed E-state index contributed by atoms with van der Waals surface area (Å²) in [5.41, 5.74) is 0.609. The fraction of sp³-hybridized carbons (Fsp3) is 0.0833. The molecule has 9 heteroatoms. The van der Waals surface area contributed by atoms with E-state index >= 15 is 0 Å². The SMILES string of the molecule is CN(C(=O)c1n[nH]c2ccc([N+](=O)[O-])cc12)c1nccs1. The fourth-order valence-electron chi connectivity index (χ4n) is 1.91. The first-order valence-electron chi connectivity index (χ1n) is 5.88. The first-order valence-corrected chi connectivity index (χ1v) is 6.76. The molecule has 0 saturated carbocycles. The maximum Gasteiger partial charge on any atom is 0.280 e. The van der Waals surface area contributed by atoms with Crippen LogP contribution in [-0.4, -0.2) is 33.1 Å². The van der Waals surface area contributed by atoms with Gasteiger partial charge in [0.1, 0.15) is 0 Å². The summed E-state index contributed by atoms with van der Waals surface area (Å²) in [5.74, 6) is -0.378. The number of aromatic amines is 1. The van der Waals surface area contributed by atoms with E-state index in [4.69, 9.17) is 0 Å². The molecule has 2 aromatic heterocycles. The van der Waals surface area contributed by atoms with E-state index in [1.54, 1.807) is 18.6 Å². The number of rotatable bonds is 3. The van der Waals surface area contributed by atoms with E-state index in [-0.39, 0.29) is 17.3 Å². The van der Waals surface area contributed by atoms with E-state index in [9.17, 15) is 14.9 Å². The molecule has 3 aromatic rings. The quantitative estimate of drug-likeness (QED) is 0.590. The molecule has 0 atom stereocenters. The number of non-ortho nitro benzene ring substituents is 1. The largest absolute Gasteiger partial charge is 0.286 e. The summed E-state index contributed by atoms with van der Waals surface area (Å²) in [6.45, 7) is 0. The van der Waals surface area contributed by atoms with Gasteiger partial charge in [-0.25, -0.2) is 4.98 Å². The van der Waals surface area contributed by atoms with Crippen LogP contribution in [0.4, 0.5) is 10.8 Å². The number of nitro groups is 1. The number of nitro benzene ring substituents is 1. The van der Waals surface area contributed by atoms with Crippen LogP contribution in [0.15, 0.2) is 29.8 Å². The average Bonchev–Trinajstić information content (AvgIpc) is 3.14. The number of thiazole rings is 1. The normalized spacial score (nSPS) is 10.7. The Balaban J connectivity index is 2.05. The summed E-state index contributed by atoms with van der Waals surface area (Å²) < 4.78 is 0. The van der Waals surface area contributed by atoms with Crippen molar-refractivity contribution >= 4 is 39.0 Å². The predicted octanol–water partition coefficient (Wildman–Crippen LogP) is 2.20. The smallest absolute Gasteiger partial charge is 0.280 e. The molecule has 106 valence electrons. The number of anilines is 1. The number of hydrogen-bond donors (Lipinski definition) is 1. The van der Waals surface area contributed by atoms with Crippen molar-refractivity contribution in [1.82, 2.24) is 15.2 Å². The average molecular weight is 303 g/mol. The van der Waals surface area contributed by atoms with Gasteiger partial charge in [0.25, 0.3) is 11.6 Å². The van der Waals surface area contributed by atoms with Crippen molar-refractivity contribution in [2.75, 3.05) is 11.9 Å². The van der Waals surface area contributed by atoms with Gasteiger partial charge in [-0.05, 0) is 6.07 Å². The molecule has 1 aromatic carbocycles. The standard InChI is InChI=1S/C12H9N5O3S/c1-16(12-13-4-5-21-12)11(18)10-8-6-7(17(19)20)2-3-9(8)14-15-10/h2-6H,1H3,(H,14,15). The number of nitrogens with one attached hydrogen (secondary N) is 1. The first kappa shape index (κ1) is 13.2. The molecule has 0 radical (unpaired) electrons. The zero-order chi connectivity index (χ0) is 15.0. The summed E-state index contributed by atoms with van der Waals surface area (Å²) in [6, 6.07) is 4.22. The third kappa shape index (κ3) is 2.23. The number of carbonyl (C=O) groups excluding carboxylic acids is 1. The molecule has 0 aliphatic carbocycles. The molecular weight excluding hydrogens is 294 g/mol. The van der Waals surface area contributed by atoms with Crippen LogP contribution in [0.25, 0.3) is 10.9 Å². The van der Waals surface area contributed by atoms with Crippen molar-refractivity contribution in [2.45, 2.75) is 0 Å². The van der Waals surface area contributed by atoms with Gasteiger partial charge in [-0.2, -0.15) is 5.10 Å². The molecule has 0 bridgehead atoms. The molecule has 3 rings (SSSR count). The lowest BCUT2D eigenvalue weighted by atomic mass is 10.2. The van der Waals surface area contributed by atoms with Crippen LogP contribution in [0.3, 0.4) is 0 Å². The van der Waals surface area contributed by atoms with Crippen molar-refractivity contribution < 1.29 is 9.72 Å². The van der Waals surface area contributed by atoms with Crippen molar-refractivity contribution in [3.8, 4) is 0 Å². The number of aromatic nitrogens is 3. The Bertz CT molecular complexity index is 827. The van der Waals surface area contributed by atoms with Gasteiger partial charge in [-0.1, -0.05) is 0 Å². The highest BCUT2D eigenvalue weighted by Crippen LogP contribution is 2.24. The highest BCUT2D eigenvalue weighted by molar-refractivity contribution is 7.13. The monoisotopic (exact) mass is 303 g/mol. The zero-order valence-electron chi connectivity index (χ0n) is 10.8. The molecule has 1 N–H and O–H groups in total. The van der Waals surface area contributed by atoms with Crippen molar-refractivity contribution in [3.63, 3.8) is 0 Å². The predicted molar refractivity (Wildman–Crippen MR) is 77.6 cm³/mol. The van der Waals surface area contributed by atoms with E-state index in [0.29, 0.717) is 16.0 Å². The molecule has 0 aliphatic rings. The second kappa shape index (κ2) is 4.94. The Morgan fingerprint density at radius 1 is 1.48 bits per heavy atom. The Morgan fingerprint density at radius 2 is 2.29 bits per heavy atom. The number of nitrogens with zero attached hydrogens (tertiary/aromatic N) is 4. The van der Waals surface area contributed by atoms with Gasteiger partial charge in [0.15, 0.2) is 10.8 Å². The number of H-pyrrole nitrogens is 1. The number of benzene rings is 1. The minimum atomic E-state index is -0.509. The summed E-state index contributed by atoms with van der Waals surface area (Å²) in [5, 5.41) is 20.2. The van der Waals surface area contributed by atoms with Crippen molar-refractivity contribution in [2.24, 2.45) is 0 Å². The van der Waals surface area contributed by atoms with Crippen LogP contribution in [0.2, 0.25) is 0 Å². The lowest BCUT2D eigenvalue weighted by molar-refractivity contribution is -0.384. The summed E-state index contributed by atoms with van der Waals surface area (Å²) >= 11 is 1.32. The van der Waals surface area contributed by atoms with Gasteiger partial charge in [0.2, 0.25) is 0 Å². The number of hydrogen-bond acceptors (Lipinski definition) is 6. The van der Waals surface area contributed by atoms with E-state index in [2.05, 4.69) is 15.2 Å². The fourth-order valence-corrected chi connectivity index (χ4v) is 2.51. The van der Waals surface area contributed by atoms with Crippen LogP contribution in [0.5, 0.6) is 0 Å². The third-order valence-electron chi connectivity index (χ3n) is 2.97. The molecule has 1 amide bonds. The Kier molecular flexibility index (Phi) is 3.10. The minimum Gasteiger partial charge on any atom is -0.286 e. The van der Waals surface area contributed by atoms with Gasteiger partial charge >= 0.3 is 0 Å². The Labute approximate surface area is 122 Å². The maximum absolute atomic E-state index is 12.4. The number of amides is 1. The van der Waals surface area contributed by atoms with E-state index in [1.165, 1.54) is 34.4 Å². The summed E-state index contributed by atoms with van der Waals surface area (Å²) in [4.78, 5) is 28.2. The Hall–Kier alpha value is -2.81. The number of fused-ring (bicyclic) bond motifs is 1. The van der Waals surface area contributed by atoms with Crippen LogP contribution in [0, 0.1) is 10.1 Å². The third-order valence-corrected chi connectivity index (χ3v) is 3.82. The second-order valence-electron chi connectivity index (χ2n) is 4.24. The highest BCUT2D eigenvalue weighted by atomic mass is 32.1. The molecule has 21 heavy (non-hydrogen) atoms. The topological polar surface area (TPSA) is 105 Å². The molecule has 0 spiro atoms. The lowest BCUT2D eigenvalue weighted by Crippen LogP contribution is -2.26. The summed E-state index contributed by atoms with van der Waals surface area (Å²) in [6.07, 6.45) is 1.59. The maximum atomic E-state index is 12.4. The zero-order valence-corrected chi connectivity index (χ0v) is 11.6. The van der Waals surface area contributed by atoms with Crippen LogP contribution >= 0.6 is 11.3 Å². The molecule has 0 saturated heterocycles. The second-order valence-corrected chi connectivity index (χ2v) is 5.11. The summed E-state index contributed by atoms with van der Waals surface area (Å²) in [7, 11) is 1.58. The van der Waals surface area contributed by atoms with Gasteiger partial charge in [-0.3, -0.25) is 24.9 Å². The van der Waals surface area contributed by atoms with Crippen molar-refractivity contribution in [1.29, 1.82) is 0 Å². The van der Waals surface area contributed by atoms with Gasteiger partial charge < -0.3 is 0 Å². The molecular formula is C12H9N5O3S.